The van der Waals surface area contributed by atoms with Crippen molar-refractivity contribution in [3.05, 3.63) is 22.2 Å². The third kappa shape index (κ3) is 6.88. The van der Waals surface area contributed by atoms with Crippen molar-refractivity contribution in [2.45, 2.75) is 76.4 Å². The number of aliphatic hydroxyl groups is 1. The summed E-state index contributed by atoms with van der Waals surface area (Å²) in [5.41, 5.74) is 3.74. The fraction of sp³-hybridized carbons (Fsp3) is 0.762. The summed E-state index contributed by atoms with van der Waals surface area (Å²) in [6.45, 7) is 5.79. The van der Waals surface area contributed by atoms with Gasteiger partial charge in [0.15, 0.2) is 0 Å². The topological polar surface area (TPSA) is 184 Å². The summed E-state index contributed by atoms with van der Waals surface area (Å²) in [5, 5.41) is 13.7. The van der Waals surface area contributed by atoms with Gasteiger partial charge in [0.25, 0.3) is 0 Å². The van der Waals surface area contributed by atoms with Gasteiger partial charge in [-0.15, -0.1) is 0 Å². The number of anilines is 1. The van der Waals surface area contributed by atoms with E-state index < -0.39 is 49.4 Å². The standard InChI is InChI=1S/C21H35N4O9P/c1-4-5-6-7-8-30-9-10-31-19(26)13(2)25-35(29)32-12-15-17(34-35)21(3,28)16(33-15)14-11-23-20(27)24-18(14)22/h11,13,15-17,28H,4-10,12H2,1-3H3,(H,25,29)(H3,22,23,24,27)/t13-,15+,16+,17+,21+,35?/m0/s1. The SMILES string of the molecule is CCCCCCOCCOC(=O)[C@H](C)NP1(=O)OC[C@H]2O[C@H](c3c[nH]c(=O)nc3N)[C@@](C)(O)[C@@H]2O1. The maximum absolute atomic E-state index is 13.2. The van der Waals surface area contributed by atoms with Crippen LogP contribution in [0.15, 0.2) is 11.0 Å². The molecule has 35 heavy (non-hydrogen) atoms. The number of nitrogen functional groups attached to an aromatic ring is 1. The molecule has 2 saturated heterocycles. The Morgan fingerprint density at radius 2 is 2.17 bits per heavy atom. The molecule has 1 aromatic rings. The van der Waals surface area contributed by atoms with Crippen molar-refractivity contribution < 1.29 is 37.7 Å². The predicted molar refractivity (Wildman–Crippen MR) is 124 cm³/mol. The molecule has 1 aromatic heterocycles. The number of nitrogens with zero attached hydrogens (tertiary/aromatic N) is 1. The zero-order valence-corrected chi connectivity index (χ0v) is 21.1. The molecule has 0 amide bonds. The fourth-order valence-corrected chi connectivity index (χ4v) is 5.76. The van der Waals surface area contributed by atoms with Crippen molar-refractivity contribution in [3.63, 3.8) is 0 Å². The number of nitrogens with two attached hydrogens (primary N) is 1. The molecule has 5 N–H and O–H groups in total. The number of aromatic nitrogens is 2. The number of carbonyl (C=O) groups is 1. The molecule has 0 aliphatic carbocycles. The lowest BCUT2D eigenvalue weighted by molar-refractivity contribution is -0.147. The molecular formula is C21H35N4O9P. The number of hydrogen-bond acceptors (Lipinski definition) is 11. The smallest absolute Gasteiger partial charge is 0.406 e. The second-order valence-electron chi connectivity index (χ2n) is 8.84. The van der Waals surface area contributed by atoms with Gasteiger partial charge in [-0.05, 0) is 20.3 Å². The zero-order valence-electron chi connectivity index (χ0n) is 20.2. The molecular weight excluding hydrogens is 483 g/mol. The number of H-pyrrole nitrogens is 1. The van der Waals surface area contributed by atoms with Crippen LogP contribution >= 0.6 is 7.75 Å². The van der Waals surface area contributed by atoms with Gasteiger partial charge in [-0.3, -0.25) is 13.8 Å². The van der Waals surface area contributed by atoms with E-state index in [4.69, 9.17) is 29.0 Å². The Hall–Kier alpha value is -1.86. The number of hydrogen-bond donors (Lipinski definition) is 4. The van der Waals surface area contributed by atoms with Crippen molar-refractivity contribution in [2.75, 3.05) is 32.2 Å². The van der Waals surface area contributed by atoms with E-state index in [1.165, 1.54) is 20.0 Å². The van der Waals surface area contributed by atoms with Crippen LogP contribution in [0.1, 0.15) is 58.1 Å². The number of ether oxygens (including phenoxy) is 3. The van der Waals surface area contributed by atoms with Crippen molar-refractivity contribution in [3.8, 4) is 0 Å². The highest BCUT2D eigenvalue weighted by Crippen LogP contribution is 2.56. The van der Waals surface area contributed by atoms with Crippen molar-refractivity contribution >= 4 is 19.5 Å². The highest BCUT2D eigenvalue weighted by Gasteiger charge is 2.59. The molecule has 0 bridgehead atoms. The van der Waals surface area contributed by atoms with Gasteiger partial charge in [0.1, 0.15) is 42.4 Å². The first-order valence-electron chi connectivity index (χ1n) is 11.8. The molecule has 0 saturated carbocycles. The molecule has 3 heterocycles. The summed E-state index contributed by atoms with van der Waals surface area (Å²) in [6, 6.07) is -1.01. The molecule has 2 aliphatic rings. The van der Waals surface area contributed by atoms with E-state index in [0.29, 0.717) is 6.61 Å². The average molecular weight is 519 g/mol. The molecule has 0 radical (unpaired) electrons. The van der Waals surface area contributed by atoms with Crippen molar-refractivity contribution in [2.24, 2.45) is 0 Å². The number of carbonyl (C=O) groups excluding carboxylic acids is 1. The van der Waals surface area contributed by atoms with Crippen LogP contribution in [0.25, 0.3) is 0 Å². The minimum atomic E-state index is -4.00. The quantitative estimate of drug-likeness (QED) is 0.176. The van der Waals surface area contributed by atoms with Crippen LogP contribution < -0.4 is 16.5 Å². The molecule has 13 nitrogen and oxygen atoms in total. The number of unbranched alkanes of at least 4 members (excludes halogenated alkanes) is 3. The molecule has 0 aromatic carbocycles. The lowest BCUT2D eigenvalue weighted by atomic mass is 9.89. The van der Waals surface area contributed by atoms with Gasteiger partial charge in [0.05, 0.1) is 13.2 Å². The van der Waals surface area contributed by atoms with Crippen LogP contribution in [0.2, 0.25) is 0 Å². The Balaban J connectivity index is 1.52. The Labute approximate surface area is 203 Å². The largest absolute Gasteiger partial charge is 0.462 e. The Kier molecular flexibility index (Phi) is 9.44. The predicted octanol–water partition coefficient (Wildman–Crippen LogP) is 1.18. The van der Waals surface area contributed by atoms with Crippen LogP contribution in [-0.2, 0) is 32.6 Å². The highest BCUT2D eigenvalue weighted by molar-refractivity contribution is 7.51. The third-order valence-corrected chi connectivity index (χ3v) is 7.58. The zero-order chi connectivity index (χ0) is 25.6. The lowest BCUT2D eigenvalue weighted by Gasteiger charge is -2.36. The molecule has 0 spiro atoms. The van der Waals surface area contributed by atoms with Gasteiger partial charge in [-0.1, -0.05) is 26.2 Å². The van der Waals surface area contributed by atoms with E-state index in [0.717, 1.165) is 25.7 Å². The summed E-state index contributed by atoms with van der Waals surface area (Å²) in [6.07, 6.45) is 2.79. The maximum atomic E-state index is 13.2. The fourth-order valence-electron chi connectivity index (χ4n) is 4.00. The number of esters is 1. The molecule has 198 valence electrons. The normalized spacial score (nSPS) is 31.1. The van der Waals surface area contributed by atoms with E-state index in [9.17, 15) is 19.3 Å². The number of nitrogens with one attached hydrogen (secondary N) is 2. The highest BCUT2D eigenvalue weighted by atomic mass is 31.2. The lowest BCUT2D eigenvalue weighted by Crippen LogP contribution is -2.49. The first-order chi connectivity index (χ1) is 16.6. The second kappa shape index (κ2) is 11.9. The monoisotopic (exact) mass is 518 g/mol. The minimum absolute atomic E-state index is 0.0637. The minimum Gasteiger partial charge on any atom is -0.462 e. The van der Waals surface area contributed by atoms with Gasteiger partial charge in [-0.2, -0.15) is 4.98 Å². The van der Waals surface area contributed by atoms with Gasteiger partial charge in [0, 0.05) is 18.4 Å². The third-order valence-electron chi connectivity index (χ3n) is 5.89. The molecule has 6 atom stereocenters. The molecule has 1 unspecified atom stereocenters. The van der Waals surface area contributed by atoms with E-state index in [-0.39, 0.29) is 31.2 Å². The van der Waals surface area contributed by atoms with Gasteiger partial charge >= 0.3 is 19.4 Å². The molecule has 2 fully saturated rings. The molecule has 2 aliphatic heterocycles. The summed E-state index contributed by atoms with van der Waals surface area (Å²) in [5.74, 6) is -0.760. The molecule has 14 heteroatoms. The van der Waals surface area contributed by atoms with E-state index in [2.05, 4.69) is 22.0 Å². The van der Waals surface area contributed by atoms with E-state index in [1.807, 2.05) is 0 Å². The van der Waals surface area contributed by atoms with Crippen LogP contribution in [0.3, 0.4) is 0 Å². The average Bonchev–Trinajstić information content (AvgIpc) is 3.05. The van der Waals surface area contributed by atoms with Crippen LogP contribution in [-0.4, -0.2) is 71.3 Å². The van der Waals surface area contributed by atoms with Gasteiger partial charge < -0.3 is 30.0 Å². The number of aromatic amines is 1. The van der Waals surface area contributed by atoms with Gasteiger partial charge in [0.2, 0.25) is 0 Å². The summed E-state index contributed by atoms with van der Waals surface area (Å²) in [4.78, 5) is 29.7. The summed E-state index contributed by atoms with van der Waals surface area (Å²) < 4.78 is 40.6. The van der Waals surface area contributed by atoms with E-state index in [1.54, 1.807) is 0 Å². The number of rotatable bonds is 12. The summed E-state index contributed by atoms with van der Waals surface area (Å²) in [7, 11) is -4.00. The Morgan fingerprint density at radius 3 is 2.89 bits per heavy atom. The van der Waals surface area contributed by atoms with Gasteiger partial charge in [-0.25, -0.2) is 14.4 Å². The maximum Gasteiger partial charge on any atom is 0.406 e. The van der Waals surface area contributed by atoms with Crippen molar-refractivity contribution in [1.29, 1.82) is 0 Å². The van der Waals surface area contributed by atoms with Crippen molar-refractivity contribution in [1.82, 2.24) is 15.1 Å². The second-order valence-corrected chi connectivity index (χ2v) is 10.6. The Bertz CT molecular complexity index is 972. The molecule has 3 rings (SSSR count). The summed E-state index contributed by atoms with van der Waals surface area (Å²) >= 11 is 0. The number of fused-ring (bicyclic) bond motifs is 1. The Morgan fingerprint density at radius 1 is 1.40 bits per heavy atom. The van der Waals surface area contributed by atoms with E-state index >= 15 is 0 Å². The van der Waals surface area contributed by atoms with Crippen LogP contribution in [0.5, 0.6) is 0 Å². The first-order valence-corrected chi connectivity index (χ1v) is 13.3. The first kappa shape index (κ1) is 27.7. The van der Waals surface area contributed by atoms with Crippen LogP contribution in [0, 0.1) is 0 Å². The van der Waals surface area contributed by atoms with Crippen LogP contribution in [0.4, 0.5) is 5.82 Å².